The molecule has 0 unspecified atom stereocenters. The highest BCUT2D eigenvalue weighted by Crippen LogP contribution is 2.26. The number of rotatable bonds is 6. The predicted octanol–water partition coefficient (Wildman–Crippen LogP) is 1.78. The van der Waals surface area contributed by atoms with Crippen molar-refractivity contribution < 1.29 is 9.90 Å². The molecule has 19 heavy (non-hydrogen) atoms. The Hall–Kier alpha value is -0.880. The molecule has 0 saturated heterocycles. The third-order valence-electron chi connectivity index (χ3n) is 2.86. The minimum atomic E-state index is -0.197. The summed E-state index contributed by atoms with van der Waals surface area (Å²) in [6.45, 7) is 0.773. The molecular weight excluding hydrogens is 289 g/mol. The van der Waals surface area contributed by atoms with Crippen molar-refractivity contribution in [3.8, 4) is 0 Å². The Morgan fingerprint density at radius 1 is 1.53 bits per heavy atom. The van der Waals surface area contributed by atoms with E-state index in [4.69, 9.17) is 28.3 Å². The summed E-state index contributed by atoms with van der Waals surface area (Å²) < 4.78 is 0. The van der Waals surface area contributed by atoms with Crippen LogP contribution >= 0.6 is 23.2 Å². The molecule has 0 radical (unpaired) electrons. The summed E-state index contributed by atoms with van der Waals surface area (Å²) in [6, 6.07) is 1.93. The highest BCUT2D eigenvalue weighted by Gasteiger charge is 2.29. The monoisotopic (exact) mass is 303 g/mol. The Morgan fingerprint density at radius 3 is 2.84 bits per heavy atom. The van der Waals surface area contributed by atoms with Crippen molar-refractivity contribution in [3.63, 3.8) is 0 Å². The van der Waals surface area contributed by atoms with E-state index >= 15 is 0 Å². The fourth-order valence-corrected chi connectivity index (χ4v) is 2.25. The second-order valence-electron chi connectivity index (χ2n) is 4.46. The molecule has 1 aromatic heterocycles. The van der Waals surface area contributed by atoms with Crippen LogP contribution in [0.25, 0.3) is 0 Å². The van der Waals surface area contributed by atoms with E-state index in [1.165, 1.54) is 12.3 Å². The van der Waals surface area contributed by atoms with Crippen LogP contribution < -0.4 is 5.32 Å². The molecule has 1 fully saturated rings. The Labute approximate surface area is 121 Å². The molecule has 1 amide bonds. The minimum absolute atomic E-state index is 0.0454. The number of aliphatic hydroxyl groups excluding tert-OH is 1. The average molecular weight is 304 g/mol. The van der Waals surface area contributed by atoms with E-state index in [1.54, 1.807) is 0 Å². The van der Waals surface area contributed by atoms with E-state index in [1.807, 2.05) is 4.90 Å². The topological polar surface area (TPSA) is 65.5 Å². The molecule has 0 atom stereocenters. The summed E-state index contributed by atoms with van der Waals surface area (Å²) in [7, 11) is 0. The summed E-state index contributed by atoms with van der Waals surface area (Å²) in [5.41, 5.74) is 0. The van der Waals surface area contributed by atoms with Gasteiger partial charge in [-0.2, -0.15) is 0 Å². The van der Waals surface area contributed by atoms with E-state index in [9.17, 15) is 4.79 Å². The van der Waals surface area contributed by atoms with E-state index in [0.717, 1.165) is 12.8 Å². The molecule has 1 aromatic rings. The number of pyridine rings is 1. The number of carbonyl (C=O) groups excluding carboxylic acids is 1. The highest BCUT2D eigenvalue weighted by atomic mass is 35.5. The molecule has 0 aromatic carbocycles. The maximum Gasteiger partial charge on any atom is 0.239 e. The normalized spacial score (nSPS) is 14.7. The lowest BCUT2D eigenvalue weighted by molar-refractivity contribution is -0.117. The molecule has 1 saturated carbocycles. The molecule has 0 spiro atoms. The van der Waals surface area contributed by atoms with Gasteiger partial charge in [-0.15, -0.1) is 0 Å². The Kier molecular flexibility index (Phi) is 4.99. The van der Waals surface area contributed by atoms with Gasteiger partial charge in [0.15, 0.2) is 5.82 Å². The number of aromatic nitrogens is 1. The fourth-order valence-electron chi connectivity index (χ4n) is 1.82. The molecule has 2 rings (SSSR count). The van der Waals surface area contributed by atoms with Crippen molar-refractivity contribution in [2.45, 2.75) is 18.9 Å². The third-order valence-corrected chi connectivity index (χ3v) is 3.36. The Balaban J connectivity index is 1.92. The summed E-state index contributed by atoms with van der Waals surface area (Å²) in [4.78, 5) is 17.8. The van der Waals surface area contributed by atoms with Crippen molar-refractivity contribution in [2.24, 2.45) is 0 Å². The van der Waals surface area contributed by atoms with Crippen LogP contribution in [0.5, 0.6) is 0 Å². The van der Waals surface area contributed by atoms with Gasteiger partial charge in [0.05, 0.1) is 23.2 Å². The van der Waals surface area contributed by atoms with Crippen molar-refractivity contribution in [2.75, 3.05) is 25.0 Å². The zero-order valence-electron chi connectivity index (χ0n) is 10.3. The number of aliphatic hydroxyl groups is 1. The van der Waals surface area contributed by atoms with E-state index in [2.05, 4.69) is 10.3 Å². The van der Waals surface area contributed by atoms with Crippen LogP contribution in [0.4, 0.5) is 5.82 Å². The molecule has 5 nitrogen and oxygen atoms in total. The van der Waals surface area contributed by atoms with Gasteiger partial charge in [0.2, 0.25) is 5.91 Å². The number of hydrogen-bond donors (Lipinski definition) is 2. The van der Waals surface area contributed by atoms with Crippen LogP contribution in [-0.4, -0.2) is 46.6 Å². The number of hydrogen-bond acceptors (Lipinski definition) is 4. The minimum Gasteiger partial charge on any atom is -0.395 e. The summed E-state index contributed by atoms with van der Waals surface area (Å²) in [5.74, 6) is 0.105. The number of nitrogens with zero attached hydrogens (tertiary/aromatic N) is 2. The Morgan fingerprint density at radius 2 is 2.26 bits per heavy atom. The van der Waals surface area contributed by atoms with Crippen LogP contribution in [0.1, 0.15) is 12.8 Å². The molecule has 1 aliphatic carbocycles. The zero-order valence-corrected chi connectivity index (χ0v) is 11.8. The molecule has 104 valence electrons. The van der Waals surface area contributed by atoms with E-state index < -0.39 is 0 Å². The first kappa shape index (κ1) is 14.5. The smallest absolute Gasteiger partial charge is 0.239 e. The molecule has 1 aliphatic rings. The predicted molar refractivity (Wildman–Crippen MR) is 74.6 cm³/mol. The summed E-state index contributed by atoms with van der Waals surface area (Å²) in [6.07, 6.45) is 3.58. The number of amides is 1. The van der Waals surface area contributed by atoms with Gasteiger partial charge in [-0.1, -0.05) is 23.2 Å². The van der Waals surface area contributed by atoms with Gasteiger partial charge in [-0.05, 0) is 18.9 Å². The second kappa shape index (κ2) is 6.52. The maximum atomic E-state index is 11.9. The standard InChI is InChI=1S/C12H15Cl2N3O2/c13-8-5-10(14)12(15-6-8)16-11(19)7-17(3-4-18)9-1-2-9/h5-6,9,18H,1-4,7H2,(H,15,16,19). The summed E-state index contributed by atoms with van der Waals surface area (Å²) >= 11 is 11.7. The van der Waals surface area contributed by atoms with Gasteiger partial charge in [0.1, 0.15) is 0 Å². The van der Waals surface area contributed by atoms with Crippen molar-refractivity contribution in [1.29, 1.82) is 0 Å². The lowest BCUT2D eigenvalue weighted by Gasteiger charge is -2.19. The van der Waals surface area contributed by atoms with Crippen LogP contribution in [-0.2, 0) is 4.79 Å². The van der Waals surface area contributed by atoms with Crippen molar-refractivity contribution >= 4 is 34.9 Å². The molecule has 7 heteroatoms. The summed E-state index contributed by atoms with van der Waals surface area (Å²) in [5, 5.41) is 12.3. The average Bonchev–Trinajstić information content (AvgIpc) is 3.16. The van der Waals surface area contributed by atoms with Gasteiger partial charge < -0.3 is 10.4 Å². The van der Waals surface area contributed by atoms with Crippen LogP contribution in [0.2, 0.25) is 10.0 Å². The van der Waals surface area contributed by atoms with Gasteiger partial charge >= 0.3 is 0 Å². The Bertz CT molecular complexity index is 466. The maximum absolute atomic E-state index is 11.9. The SMILES string of the molecule is O=C(CN(CCO)C1CC1)Nc1ncc(Cl)cc1Cl. The van der Waals surface area contributed by atoms with Gasteiger partial charge in [0, 0.05) is 18.8 Å². The quantitative estimate of drug-likeness (QED) is 0.841. The largest absolute Gasteiger partial charge is 0.395 e. The van der Waals surface area contributed by atoms with Gasteiger partial charge in [-0.25, -0.2) is 4.98 Å². The van der Waals surface area contributed by atoms with Crippen LogP contribution in [0, 0.1) is 0 Å². The molecule has 0 aliphatic heterocycles. The molecular formula is C12H15Cl2N3O2. The van der Waals surface area contributed by atoms with Crippen LogP contribution in [0.3, 0.4) is 0 Å². The first-order valence-corrected chi connectivity index (χ1v) is 6.81. The zero-order chi connectivity index (χ0) is 13.8. The van der Waals surface area contributed by atoms with Gasteiger partial charge in [-0.3, -0.25) is 9.69 Å². The number of carbonyl (C=O) groups is 1. The first-order chi connectivity index (χ1) is 9.10. The molecule has 2 N–H and O–H groups in total. The molecule has 0 bridgehead atoms. The first-order valence-electron chi connectivity index (χ1n) is 6.06. The number of anilines is 1. The van der Waals surface area contributed by atoms with E-state index in [0.29, 0.717) is 28.4 Å². The second-order valence-corrected chi connectivity index (χ2v) is 5.30. The number of halogens is 2. The van der Waals surface area contributed by atoms with E-state index in [-0.39, 0.29) is 19.1 Å². The lowest BCUT2D eigenvalue weighted by Crippen LogP contribution is -2.37. The van der Waals surface area contributed by atoms with Crippen LogP contribution in [0.15, 0.2) is 12.3 Å². The molecule has 1 heterocycles. The fraction of sp³-hybridized carbons (Fsp3) is 0.500. The highest BCUT2D eigenvalue weighted by molar-refractivity contribution is 6.36. The van der Waals surface area contributed by atoms with Gasteiger partial charge in [0.25, 0.3) is 0 Å². The lowest BCUT2D eigenvalue weighted by atomic mass is 10.4. The van der Waals surface area contributed by atoms with Crippen molar-refractivity contribution in [1.82, 2.24) is 9.88 Å². The van der Waals surface area contributed by atoms with Crippen molar-refractivity contribution in [3.05, 3.63) is 22.3 Å². The number of nitrogens with one attached hydrogen (secondary N) is 1. The third kappa shape index (κ3) is 4.31.